The van der Waals surface area contributed by atoms with E-state index in [2.05, 4.69) is 75.0 Å². The molecule has 0 N–H and O–H groups in total. The number of nitrogens with zero attached hydrogens (tertiary/aromatic N) is 5. The Morgan fingerprint density at radius 3 is 2.64 bits per heavy atom. The first-order valence-corrected chi connectivity index (χ1v) is 10.7. The molecule has 28 heavy (non-hydrogen) atoms. The topological polar surface area (TPSA) is 27.5 Å². The van der Waals surface area contributed by atoms with Crippen LogP contribution in [0.2, 0.25) is 0 Å². The largest absolute Gasteiger partial charge is 0.305 e. The Labute approximate surface area is 169 Å². The SMILES string of the molecule is CN1CCCN(Cc2cc3n(n2)CCCN(C/C=C/c2ccccc2)C3)CC1. The van der Waals surface area contributed by atoms with Gasteiger partial charge in [0.25, 0.3) is 0 Å². The smallest absolute Gasteiger partial charge is 0.0768 e. The second-order valence-electron chi connectivity index (χ2n) is 8.18. The van der Waals surface area contributed by atoms with E-state index in [9.17, 15) is 0 Å². The maximum Gasteiger partial charge on any atom is 0.0768 e. The van der Waals surface area contributed by atoms with E-state index in [4.69, 9.17) is 5.10 Å². The normalized spacial score (nSPS) is 20.2. The third-order valence-corrected chi connectivity index (χ3v) is 5.81. The number of aromatic nitrogens is 2. The van der Waals surface area contributed by atoms with Crippen molar-refractivity contribution in [1.29, 1.82) is 0 Å². The highest BCUT2D eigenvalue weighted by Crippen LogP contribution is 2.16. The lowest BCUT2D eigenvalue weighted by atomic mass is 10.2. The summed E-state index contributed by atoms with van der Waals surface area (Å²) in [6.07, 6.45) is 6.94. The Hall–Kier alpha value is -1.95. The van der Waals surface area contributed by atoms with Crippen LogP contribution >= 0.6 is 0 Å². The third-order valence-electron chi connectivity index (χ3n) is 5.81. The van der Waals surface area contributed by atoms with Gasteiger partial charge in [0.1, 0.15) is 0 Å². The van der Waals surface area contributed by atoms with Gasteiger partial charge in [0.15, 0.2) is 0 Å². The van der Waals surface area contributed by atoms with E-state index in [0.717, 1.165) is 45.8 Å². The molecule has 0 radical (unpaired) electrons. The van der Waals surface area contributed by atoms with Crippen molar-refractivity contribution >= 4 is 6.08 Å². The minimum Gasteiger partial charge on any atom is -0.305 e. The van der Waals surface area contributed by atoms with Crippen molar-refractivity contribution in [2.45, 2.75) is 32.5 Å². The lowest BCUT2D eigenvalue weighted by molar-refractivity contribution is 0.265. The predicted molar refractivity (Wildman–Crippen MR) is 115 cm³/mol. The van der Waals surface area contributed by atoms with Crippen molar-refractivity contribution in [3.8, 4) is 0 Å². The van der Waals surface area contributed by atoms with Crippen molar-refractivity contribution in [3.63, 3.8) is 0 Å². The maximum absolute atomic E-state index is 4.93. The van der Waals surface area contributed by atoms with Gasteiger partial charge in [-0.15, -0.1) is 0 Å². The minimum atomic E-state index is 0.988. The summed E-state index contributed by atoms with van der Waals surface area (Å²) in [7, 11) is 2.23. The first kappa shape index (κ1) is 19.4. The average molecular weight is 380 g/mol. The van der Waals surface area contributed by atoms with Crippen LogP contribution in [0.5, 0.6) is 0 Å². The molecule has 150 valence electrons. The highest BCUT2D eigenvalue weighted by molar-refractivity contribution is 5.48. The lowest BCUT2D eigenvalue weighted by Gasteiger charge is -2.19. The summed E-state index contributed by atoms with van der Waals surface area (Å²) in [5.41, 5.74) is 3.88. The summed E-state index contributed by atoms with van der Waals surface area (Å²) in [5.74, 6) is 0. The van der Waals surface area contributed by atoms with E-state index < -0.39 is 0 Å². The molecule has 5 heteroatoms. The van der Waals surface area contributed by atoms with Gasteiger partial charge in [-0.1, -0.05) is 42.5 Å². The first-order chi connectivity index (χ1) is 13.8. The minimum absolute atomic E-state index is 0.988. The molecular weight excluding hydrogens is 346 g/mol. The summed E-state index contributed by atoms with van der Waals surface area (Å²) in [5, 5.41) is 4.93. The highest BCUT2D eigenvalue weighted by atomic mass is 15.3. The Bertz CT molecular complexity index is 767. The molecule has 5 nitrogen and oxygen atoms in total. The Kier molecular flexibility index (Phi) is 6.57. The van der Waals surface area contributed by atoms with Crippen LogP contribution in [0.3, 0.4) is 0 Å². The van der Waals surface area contributed by atoms with E-state index in [1.165, 1.54) is 42.9 Å². The van der Waals surface area contributed by atoms with Gasteiger partial charge in [-0.25, -0.2) is 0 Å². The molecule has 2 aliphatic heterocycles. The number of likely N-dealkylation sites (N-methyl/N-ethyl adjacent to an activating group) is 1. The molecule has 1 aromatic heterocycles. The second-order valence-corrected chi connectivity index (χ2v) is 8.18. The van der Waals surface area contributed by atoms with Gasteiger partial charge in [-0.3, -0.25) is 14.5 Å². The molecule has 0 unspecified atom stereocenters. The zero-order chi connectivity index (χ0) is 19.2. The zero-order valence-corrected chi connectivity index (χ0v) is 17.1. The van der Waals surface area contributed by atoms with Crippen molar-refractivity contribution in [3.05, 3.63) is 59.4 Å². The van der Waals surface area contributed by atoms with Crippen molar-refractivity contribution < 1.29 is 0 Å². The van der Waals surface area contributed by atoms with Crippen LogP contribution < -0.4 is 0 Å². The van der Waals surface area contributed by atoms with Crippen LogP contribution in [-0.4, -0.2) is 70.8 Å². The molecule has 0 spiro atoms. The summed E-state index contributed by atoms with van der Waals surface area (Å²) < 4.78 is 2.25. The molecule has 3 heterocycles. The predicted octanol–water partition coefficient (Wildman–Crippen LogP) is 2.94. The first-order valence-electron chi connectivity index (χ1n) is 10.7. The molecular formula is C23H33N5. The van der Waals surface area contributed by atoms with Crippen LogP contribution in [0.25, 0.3) is 6.08 Å². The molecule has 0 atom stereocenters. The van der Waals surface area contributed by atoms with Gasteiger partial charge in [0.2, 0.25) is 0 Å². The van der Waals surface area contributed by atoms with Crippen LogP contribution in [0.15, 0.2) is 42.5 Å². The van der Waals surface area contributed by atoms with Gasteiger partial charge in [-0.2, -0.15) is 5.10 Å². The number of benzene rings is 1. The second kappa shape index (κ2) is 9.50. The van der Waals surface area contributed by atoms with Gasteiger partial charge < -0.3 is 4.90 Å². The maximum atomic E-state index is 4.93. The highest BCUT2D eigenvalue weighted by Gasteiger charge is 2.18. The molecule has 2 aliphatic rings. The molecule has 1 fully saturated rings. The van der Waals surface area contributed by atoms with Crippen molar-refractivity contribution in [1.82, 2.24) is 24.5 Å². The number of rotatable bonds is 5. The molecule has 1 saturated heterocycles. The standard InChI is InChI=1S/C23H33N5/c1-25-11-6-13-27(17-16-25)19-22-18-23-20-26(14-7-15-28(23)24-22)12-5-10-21-8-3-2-4-9-21/h2-5,8-10,18H,6-7,11-17,19-20H2,1H3/b10-5+. The van der Waals surface area contributed by atoms with Gasteiger partial charge in [0.05, 0.1) is 11.4 Å². The summed E-state index contributed by atoms with van der Waals surface area (Å²) >= 11 is 0. The number of hydrogen-bond acceptors (Lipinski definition) is 4. The molecule has 4 rings (SSSR count). The van der Waals surface area contributed by atoms with Crippen molar-refractivity contribution in [2.75, 3.05) is 46.3 Å². The fraction of sp³-hybridized carbons (Fsp3) is 0.522. The lowest BCUT2D eigenvalue weighted by Crippen LogP contribution is -2.28. The number of aryl methyl sites for hydroxylation is 1. The molecule has 2 aromatic rings. The molecule has 0 amide bonds. The Morgan fingerprint density at radius 1 is 0.929 bits per heavy atom. The summed E-state index contributed by atoms with van der Waals surface area (Å²) in [6, 6.07) is 12.9. The Morgan fingerprint density at radius 2 is 1.75 bits per heavy atom. The molecule has 0 saturated carbocycles. The Balaban J connectivity index is 1.34. The van der Waals surface area contributed by atoms with Gasteiger partial charge in [0, 0.05) is 45.8 Å². The number of fused-ring (bicyclic) bond motifs is 1. The van der Waals surface area contributed by atoms with Crippen LogP contribution in [-0.2, 0) is 19.6 Å². The van der Waals surface area contributed by atoms with Crippen molar-refractivity contribution in [2.24, 2.45) is 0 Å². The molecule has 0 aliphatic carbocycles. The van der Waals surface area contributed by atoms with E-state index in [0.29, 0.717) is 0 Å². The van der Waals surface area contributed by atoms with Crippen LogP contribution in [0.1, 0.15) is 29.8 Å². The van der Waals surface area contributed by atoms with E-state index in [-0.39, 0.29) is 0 Å². The average Bonchev–Trinajstić information content (AvgIpc) is 2.83. The zero-order valence-electron chi connectivity index (χ0n) is 17.1. The van der Waals surface area contributed by atoms with Gasteiger partial charge >= 0.3 is 0 Å². The summed E-state index contributed by atoms with van der Waals surface area (Å²) in [4.78, 5) is 7.53. The number of hydrogen-bond donors (Lipinski definition) is 0. The summed E-state index contributed by atoms with van der Waals surface area (Å²) in [6.45, 7) is 9.85. The fourth-order valence-electron chi connectivity index (χ4n) is 4.21. The molecule has 1 aromatic carbocycles. The molecule has 0 bridgehead atoms. The van der Waals surface area contributed by atoms with Crippen LogP contribution in [0.4, 0.5) is 0 Å². The monoisotopic (exact) mass is 379 g/mol. The van der Waals surface area contributed by atoms with Gasteiger partial charge in [-0.05, 0) is 44.6 Å². The fourth-order valence-corrected chi connectivity index (χ4v) is 4.21. The quantitative estimate of drug-likeness (QED) is 0.798. The van der Waals surface area contributed by atoms with E-state index in [1.54, 1.807) is 0 Å². The van der Waals surface area contributed by atoms with E-state index in [1.807, 2.05) is 0 Å². The third kappa shape index (κ3) is 5.31. The van der Waals surface area contributed by atoms with E-state index >= 15 is 0 Å². The van der Waals surface area contributed by atoms with Crippen LogP contribution in [0, 0.1) is 0 Å².